The summed E-state index contributed by atoms with van der Waals surface area (Å²) in [5.74, 6) is -0.334. The minimum absolute atomic E-state index is 0.117. The lowest BCUT2D eigenvalue weighted by atomic mass is 9.95. The molecule has 0 aliphatic heterocycles. The molecule has 0 unspecified atom stereocenters. The molecule has 2 nitrogen and oxygen atoms in total. The molecule has 0 bridgehead atoms. The zero-order valence-electron chi connectivity index (χ0n) is 13.9. The largest absolute Gasteiger partial charge is 0.352 e. The van der Waals surface area contributed by atoms with Gasteiger partial charge in [-0.1, -0.05) is 66.7 Å². The van der Waals surface area contributed by atoms with Crippen LogP contribution in [0.2, 0.25) is 0 Å². The summed E-state index contributed by atoms with van der Waals surface area (Å²) in [4.78, 5) is 0. The molecule has 0 spiro atoms. The Kier molecular flexibility index (Phi) is 5.41. The molecule has 0 amide bonds. The minimum Gasteiger partial charge on any atom is -0.352 e. The SMILES string of the molecule is Cc1ccccc1[C@@H](NC(=S)Nc1ccccc1F)c1ccccc1. The summed E-state index contributed by atoms with van der Waals surface area (Å²) in [5, 5.41) is 6.64. The van der Waals surface area contributed by atoms with Gasteiger partial charge in [-0.05, 0) is 48.0 Å². The third-order valence-corrected chi connectivity index (χ3v) is 4.25. The number of rotatable bonds is 4. The van der Waals surface area contributed by atoms with E-state index >= 15 is 0 Å². The maximum atomic E-state index is 13.8. The van der Waals surface area contributed by atoms with Crippen molar-refractivity contribution in [3.63, 3.8) is 0 Å². The molecule has 1 atom stereocenters. The summed E-state index contributed by atoms with van der Waals surface area (Å²) in [6.45, 7) is 2.07. The Bertz CT molecular complexity index is 865. The molecule has 4 heteroatoms. The smallest absolute Gasteiger partial charge is 0.171 e. The molecular formula is C21H19FN2S. The monoisotopic (exact) mass is 350 g/mol. The fraction of sp³-hybridized carbons (Fsp3) is 0.0952. The van der Waals surface area contributed by atoms with E-state index in [9.17, 15) is 4.39 Å². The Hall–Kier alpha value is -2.72. The van der Waals surface area contributed by atoms with Gasteiger partial charge in [-0.25, -0.2) is 4.39 Å². The Morgan fingerprint density at radius 1 is 0.880 bits per heavy atom. The van der Waals surface area contributed by atoms with E-state index < -0.39 is 0 Å². The number of hydrogen-bond donors (Lipinski definition) is 2. The van der Waals surface area contributed by atoms with Gasteiger partial charge >= 0.3 is 0 Å². The summed E-state index contributed by atoms with van der Waals surface area (Å²) in [5.41, 5.74) is 3.75. The fourth-order valence-corrected chi connectivity index (χ4v) is 2.98. The molecule has 25 heavy (non-hydrogen) atoms. The highest BCUT2D eigenvalue weighted by Crippen LogP contribution is 2.25. The van der Waals surface area contributed by atoms with Gasteiger partial charge in [-0.2, -0.15) is 0 Å². The Morgan fingerprint density at radius 2 is 1.52 bits per heavy atom. The van der Waals surface area contributed by atoms with Gasteiger partial charge in [0.1, 0.15) is 5.82 Å². The van der Waals surface area contributed by atoms with E-state index in [1.807, 2.05) is 30.3 Å². The van der Waals surface area contributed by atoms with Gasteiger partial charge in [0.2, 0.25) is 0 Å². The van der Waals surface area contributed by atoms with Crippen LogP contribution < -0.4 is 10.6 Å². The molecule has 2 N–H and O–H groups in total. The van der Waals surface area contributed by atoms with Crippen molar-refractivity contribution < 1.29 is 4.39 Å². The first-order valence-electron chi connectivity index (χ1n) is 8.07. The number of halogens is 1. The summed E-state index contributed by atoms with van der Waals surface area (Å²) in [6.07, 6.45) is 0. The summed E-state index contributed by atoms with van der Waals surface area (Å²) < 4.78 is 13.8. The topological polar surface area (TPSA) is 24.1 Å². The van der Waals surface area contributed by atoms with Crippen molar-refractivity contribution in [1.29, 1.82) is 0 Å². The first-order valence-corrected chi connectivity index (χ1v) is 8.48. The average molecular weight is 350 g/mol. The molecule has 0 fully saturated rings. The van der Waals surface area contributed by atoms with Gasteiger partial charge < -0.3 is 10.6 Å². The molecule has 0 radical (unpaired) electrons. The zero-order chi connectivity index (χ0) is 17.6. The van der Waals surface area contributed by atoms with Gasteiger partial charge in [0.15, 0.2) is 5.11 Å². The number of para-hydroxylation sites is 1. The number of thiocarbonyl (C=S) groups is 1. The first-order chi connectivity index (χ1) is 12.1. The maximum Gasteiger partial charge on any atom is 0.171 e. The normalized spacial score (nSPS) is 11.6. The van der Waals surface area contributed by atoms with Gasteiger partial charge in [-0.3, -0.25) is 0 Å². The number of hydrogen-bond acceptors (Lipinski definition) is 1. The van der Waals surface area contributed by atoms with Crippen molar-refractivity contribution in [3.05, 3.63) is 101 Å². The lowest BCUT2D eigenvalue weighted by molar-refractivity contribution is 0.632. The highest BCUT2D eigenvalue weighted by atomic mass is 32.1. The first kappa shape index (κ1) is 17.1. The third-order valence-electron chi connectivity index (χ3n) is 4.03. The molecule has 0 aliphatic carbocycles. The summed E-state index contributed by atoms with van der Waals surface area (Å²) in [7, 11) is 0. The third kappa shape index (κ3) is 4.22. The van der Waals surface area contributed by atoms with Gasteiger partial charge in [0.25, 0.3) is 0 Å². The highest BCUT2D eigenvalue weighted by Gasteiger charge is 2.17. The second-order valence-electron chi connectivity index (χ2n) is 5.78. The molecule has 3 aromatic rings. The second kappa shape index (κ2) is 7.90. The lowest BCUT2D eigenvalue weighted by Gasteiger charge is -2.23. The van der Waals surface area contributed by atoms with Crippen molar-refractivity contribution >= 4 is 23.0 Å². The maximum absolute atomic E-state index is 13.8. The van der Waals surface area contributed by atoms with Crippen molar-refractivity contribution in [2.75, 3.05) is 5.32 Å². The number of benzene rings is 3. The van der Waals surface area contributed by atoms with Gasteiger partial charge in [-0.15, -0.1) is 0 Å². The Labute approximate surface area is 152 Å². The van der Waals surface area contributed by atoms with Gasteiger partial charge in [0.05, 0.1) is 11.7 Å². The molecule has 3 rings (SSSR count). The van der Waals surface area contributed by atoms with E-state index in [2.05, 4.69) is 41.8 Å². The standard InChI is InChI=1S/C21H19FN2S/c1-15-9-5-6-12-17(15)20(16-10-3-2-4-11-16)24-21(25)23-19-14-8-7-13-18(19)22/h2-14,20H,1H3,(H2,23,24,25)/t20-/m0/s1. The number of anilines is 1. The van der Waals surface area contributed by atoms with Crippen LogP contribution >= 0.6 is 12.2 Å². The van der Waals surface area contributed by atoms with E-state index in [0.29, 0.717) is 10.8 Å². The van der Waals surface area contributed by atoms with E-state index in [1.54, 1.807) is 18.2 Å². The molecule has 126 valence electrons. The predicted molar refractivity (Wildman–Crippen MR) is 105 cm³/mol. The number of aryl methyl sites for hydroxylation is 1. The Morgan fingerprint density at radius 3 is 2.24 bits per heavy atom. The van der Waals surface area contributed by atoms with Crippen LogP contribution in [0, 0.1) is 12.7 Å². The van der Waals surface area contributed by atoms with Crippen LogP contribution in [0.15, 0.2) is 78.9 Å². The van der Waals surface area contributed by atoms with Crippen LogP contribution in [0.4, 0.5) is 10.1 Å². The minimum atomic E-state index is -0.334. The fourth-order valence-electron chi connectivity index (χ4n) is 2.75. The van der Waals surface area contributed by atoms with E-state index in [0.717, 1.165) is 16.7 Å². The van der Waals surface area contributed by atoms with Crippen LogP contribution in [-0.2, 0) is 0 Å². The molecule has 3 aromatic carbocycles. The lowest BCUT2D eigenvalue weighted by Crippen LogP contribution is -2.33. The van der Waals surface area contributed by atoms with Crippen molar-refractivity contribution in [2.24, 2.45) is 0 Å². The van der Waals surface area contributed by atoms with Crippen LogP contribution in [-0.4, -0.2) is 5.11 Å². The van der Waals surface area contributed by atoms with Crippen molar-refractivity contribution in [2.45, 2.75) is 13.0 Å². The highest BCUT2D eigenvalue weighted by molar-refractivity contribution is 7.80. The molecule has 0 saturated carbocycles. The van der Waals surface area contributed by atoms with Crippen LogP contribution in [0.25, 0.3) is 0 Å². The van der Waals surface area contributed by atoms with Crippen LogP contribution in [0.3, 0.4) is 0 Å². The summed E-state index contributed by atoms with van der Waals surface area (Å²) in [6, 6.07) is 24.6. The Balaban J connectivity index is 1.87. The second-order valence-corrected chi connectivity index (χ2v) is 6.19. The van der Waals surface area contributed by atoms with Crippen molar-refractivity contribution in [1.82, 2.24) is 5.32 Å². The average Bonchev–Trinajstić information content (AvgIpc) is 2.63. The van der Waals surface area contributed by atoms with Gasteiger partial charge in [0, 0.05) is 0 Å². The number of nitrogens with one attached hydrogen (secondary N) is 2. The van der Waals surface area contributed by atoms with E-state index in [4.69, 9.17) is 12.2 Å². The molecule has 0 aromatic heterocycles. The summed E-state index contributed by atoms with van der Waals surface area (Å²) >= 11 is 5.43. The molecule has 0 heterocycles. The quantitative estimate of drug-likeness (QED) is 0.632. The van der Waals surface area contributed by atoms with E-state index in [-0.39, 0.29) is 11.9 Å². The molecular weight excluding hydrogens is 331 g/mol. The zero-order valence-corrected chi connectivity index (χ0v) is 14.7. The molecule has 0 aliphatic rings. The van der Waals surface area contributed by atoms with Crippen molar-refractivity contribution in [3.8, 4) is 0 Å². The van der Waals surface area contributed by atoms with Crippen LogP contribution in [0.1, 0.15) is 22.7 Å². The van der Waals surface area contributed by atoms with Crippen LogP contribution in [0.5, 0.6) is 0 Å². The predicted octanol–water partition coefficient (Wildman–Crippen LogP) is 5.21. The van der Waals surface area contributed by atoms with E-state index in [1.165, 1.54) is 6.07 Å². The molecule has 0 saturated heterocycles.